The SMILES string of the molecule is Cc1c(C(C)NC(=O)NC(C)CO)oc2ccc(F)cc12. The van der Waals surface area contributed by atoms with Gasteiger partial charge in [-0.15, -0.1) is 0 Å². The molecule has 2 amide bonds. The Morgan fingerprint density at radius 1 is 1.38 bits per heavy atom. The van der Waals surface area contributed by atoms with Crippen LogP contribution >= 0.6 is 0 Å². The van der Waals surface area contributed by atoms with E-state index >= 15 is 0 Å². The van der Waals surface area contributed by atoms with Gasteiger partial charge in [0.05, 0.1) is 18.7 Å². The zero-order valence-corrected chi connectivity index (χ0v) is 12.2. The number of amides is 2. The van der Waals surface area contributed by atoms with Crippen LogP contribution in [0.15, 0.2) is 22.6 Å². The number of nitrogens with one attached hydrogen (secondary N) is 2. The van der Waals surface area contributed by atoms with Gasteiger partial charge in [0.15, 0.2) is 0 Å². The number of aliphatic hydroxyl groups excluding tert-OH is 1. The van der Waals surface area contributed by atoms with Crippen molar-refractivity contribution in [2.24, 2.45) is 0 Å². The number of urea groups is 1. The third-order valence-electron chi connectivity index (χ3n) is 3.33. The van der Waals surface area contributed by atoms with Crippen LogP contribution in [0.5, 0.6) is 0 Å². The highest BCUT2D eigenvalue weighted by atomic mass is 19.1. The molecule has 0 saturated carbocycles. The predicted molar refractivity (Wildman–Crippen MR) is 77.5 cm³/mol. The highest BCUT2D eigenvalue weighted by Crippen LogP contribution is 2.29. The Balaban J connectivity index is 2.18. The van der Waals surface area contributed by atoms with Crippen LogP contribution in [-0.4, -0.2) is 23.8 Å². The van der Waals surface area contributed by atoms with Gasteiger partial charge in [-0.1, -0.05) is 0 Å². The van der Waals surface area contributed by atoms with Crippen LogP contribution in [0, 0.1) is 12.7 Å². The molecule has 3 N–H and O–H groups in total. The maximum absolute atomic E-state index is 13.3. The fourth-order valence-electron chi connectivity index (χ4n) is 2.20. The molecule has 21 heavy (non-hydrogen) atoms. The normalized spacial score (nSPS) is 14.0. The molecule has 5 nitrogen and oxygen atoms in total. The van der Waals surface area contributed by atoms with Gasteiger partial charge in [0.1, 0.15) is 17.2 Å². The zero-order valence-electron chi connectivity index (χ0n) is 12.2. The molecule has 2 rings (SSSR count). The largest absolute Gasteiger partial charge is 0.459 e. The number of aliphatic hydroxyl groups is 1. The molecule has 1 aromatic heterocycles. The van der Waals surface area contributed by atoms with Crippen molar-refractivity contribution in [1.29, 1.82) is 0 Å². The molecule has 0 saturated heterocycles. The molecule has 0 aliphatic carbocycles. The van der Waals surface area contributed by atoms with Gasteiger partial charge in [-0.25, -0.2) is 9.18 Å². The second kappa shape index (κ2) is 6.13. The first-order valence-electron chi connectivity index (χ1n) is 6.78. The lowest BCUT2D eigenvalue weighted by molar-refractivity contribution is 0.217. The van der Waals surface area contributed by atoms with Gasteiger partial charge in [0.25, 0.3) is 0 Å². The van der Waals surface area contributed by atoms with E-state index < -0.39 is 6.03 Å². The molecular weight excluding hydrogens is 275 g/mol. The van der Waals surface area contributed by atoms with E-state index in [1.54, 1.807) is 19.9 Å². The first kappa shape index (κ1) is 15.3. The summed E-state index contributed by atoms with van der Waals surface area (Å²) in [4.78, 5) is 11.7. The number of furan rings is 1. The number of hydrogen-bond donors (Lipinski definition) is 3. The number of carbonyl (C=O) groups excluding carboxylic acids is 1. The quantitative estimate of drug-likeness (QED) is 0.811. The van der Waals surface area contributed by atoms with Crippen LogP contribution in [0.2, 0.25) is 0 Å². The van der Waals surface area contributed by atoms with Crippen LogP contribution in [0.1, 0.15) is 31.2 Å². The second-order valence-electron chi connectivity index (χ2n) is 5.15. The molecular formula is C15H19FN2O3. The molecule has 114 valence electrons. The van der Waals surface area contributed by atoms with E-state index in [0.717, 1.165) is 5.56 Å². The minimum Gasteiger partial charge on any atom is -0.459 e. The summed E-state index contributed by atoms with van der Waals surface area (Å²) in [6.45, 7) is 5.17. The van der Waals surface area contributed by atoms with Crippen molar-refractivity contribution < 1.29 is 18.7 Å². The summed E-state index contributed by atoms with van der Waals surface area (Å²) >= 11 is 0. The van der Waals surface area contributed by atoms with Gasteiger partial charge in [-0.3, -0.25) is 0 Å². The van der Waals surface area contributed by atoms with E-state index in [1.165, 1.54) is 12.1 Å². The minimum atomic E-state index is -0.393. The molecule has 0 aliphatic heterocycles. The number of rotatable bonds is 4. The maximum Gasteiger partial charge on any atom is 0.315 e. The Morgan fingerprint density at radius 2 is 2.10 bits per heavy atom. The molecule has 0 spiro atoms. The third kappa shape index (κ3) is 3.33. The molecule has 2 aromatic rings. The molecule has 1 aromatic carbocycles. The number of carbonyl (C=O) groups is 1. The first-order chi connectivity index (χ1) is 9.92. The standard InChI is InChI=1S/C15H19FN2O3/c1-8(7-19)17-15(20)18-10(3)14-9(2)12-6-11(16)4-5-13(12)21-14/h4-6,8,10,19H,7H2,1-3H3,(H2,17,18,20). The van der Waals surface area contributed by atoms with Gasteiger partial charge in [0, 0.05) is 10.9 Å². The van der Waals surface area contributed by atoms with Gasteiger partial charge < -0.3 is 20.2 Å². The van der Waals surface area contributed by atoms with Crippen LogP contribution in [0.3, 0.4) is 0 Å². The van der Waals surface area contributed by atoms with Gasteiger partial charge in [0.2, 0.25) is 0 Å². The highest BCUT2D eigenvalue weighted by Gasteiger charge is 2.19. The highest BCUT2D eigenvalue weighted by molar-refractivity contribution is 5.82. The molecule has 0 radical (unpaired) electrons. The Kier molecular flexibility index (Phi) is 4.47. The smallest absolute Gasteiger partial charge is 0.315 e. The third-order valence-corrected chi connectivity index (χ3v) is 3.33. The predicted octanol–water partition coefficient (Wildman–Crippen LogP) is 2.62. The second-order valence-corrected chi connectivity index (χ2v) is 5.15. The Labute approximate surface area is 122 Å². The van der Waals surface area contributed by atoms with Gasteiger partial charge in [-0.2, -0.15) is 0 Å². The van der Waals surface area contributed by atoms with Gasteiger partial charge in [-0.05, 0) is 39.0 Å². The van der Waals surface area contributed by atoms with E-state index in [1.807, 2.05) is 6.92 Å². The average Bonchev–Trinajstić information content (AvgIpc) is 2.75. The lowest BCUT2D eigenvalue weighted by Crippen LogP contribution is -2.43. The van der Waals surface area contributed by atoms with Crippen molar-refractivity contribution >= 4 is 17.0 Å². The Morgan fingerprint density at radius 3 is 2.76 bits per heavy atom. The van der Waals surface area contributed by atoms with E-state index in [4.69, 9.17) is 9.52 Å². The Bertz CT molecular complexity index is 654. The summed E-state index contributed by atoms with van der Waals surface area (Å²) in [5.41, 5.74) is 1.38. The molecule has 6 heteroatoms. The number of halogens is 1. The minimum absolute atomic E-state index is 0.134. The number of hydrogen-bond acceptors (Lipinski definition) is 3. The first-order valence-corrected chi connectivity index (χ1v) is 6.78. The maximum atomic E-state index is 13.3. The summed E-state index contributed by atoms with van der Waals surface area (Å²) < 4.78 is 19.0. The summed E-state index contributed by atoms with van der Waals surface area (Å²) in [5, 5.41) is 14.9. The molecule has 2 atom stereocenters. The molecule has 1 heterocycles. The zero-order chi connectivity index (χ0) is 15.6. The molecule has 2 unspecified atom stereocenters. The fourth-order valence-corrected chi connectivity index (χ4v) is 2.20. The summed E-state index contributed by atoms with van der Waals surface area (Å²) in [7, 11) is 0. The summed E-state index contributed by atoms with van der Waals surface area (Å²) in [6.07, 6.45) is 0. The van der Waals surface area contributed by atoms with E-state index in [2.05, 4.69) is 10.6 Å². The molecule has 0 fully saturated rings. The Hall–Kier alpha value is -2.08. The van der Waals surface area contributed by atoms with Crippen molar-refractivity contribution in [2.45, 2.75) is 32.9 Å². The molecule has 0 bridgehead atoms. The van der Waals surface area contributed by atoms with Crippen LogP contribution in [0.4, 0.5) is 9.18 Å². The number of benzene rings is 1. The fraction of sp³-hybridized carbons (Fsp3) is 0.400. The van der Waals surface area contributed by atoms with Crippen molar-refractivity contribution in [3.05, 3.63) is 35.3 Å². The van der Waals surface area contributed by atoms with Crippen LogP contribution in [-0.2, 0) is 0 Å². The van der Waals surface area contributed by atoms with E-state index in [9.17, 15) is 9.18 Å². The average molecular weight is 294 g/mol. The topological polar surface area (TPSA) is 74.5 Å². The summed E-state index contributed by atoms with van der Waals surface area (Å²) in [6, 6.07) is 3.23. The number of aryl methyl sites for hydroxylation is 1. The van der Waals surface area contributed by atoms with Crippen molar-refractivity contribution in [2.75, 3.05) is 6.61 Å². The van der Waals surface area contributed by atoms with Crippen LogP contribution < -0.4 is 10.6 Å². The van der Waals surface area contributed by atoms with Crippen molar-refractivity contribution in [3.8, 4) is 0 Å². The lowest BCUT2D eigenvalue weighted by atomic mass is 10.1. The van der Waals surface area contributed by atoms with Gasteiger partial charge >= 0.3 is 6.03 Å². The van der Waals surface area contributed by atoms with Crippen molar-refractivity contribution in [1.82, 2.24) is 10.6 Å². The van der Waals surface area contributed by atoms with E-state index in [0.29, 0.717) is 16.7 Å². The monoisotopic (exact) mass is 294 g/mol. The van der Waals surface area contributed by atoms with Crippen molar-refractivity contribution in [3.63, 3.8) is 0 Å². The van der Waals surface area contributed by atoms with E-state index in [-0.39, 0.29) is 24.5 Å². The molecule has 0 aliphatic rings. The lowest BCUT2D eigenvalue weighted by Gasteiger charge is -2.16. The van der Waals surface area contributed by atoms with Crippen LogP contribution in [0.25, 0.3) is 11.0 Å². The number of fused-ring (bicyclic) bond motifs is 1. The summed E-state index contributed by atoms with van der Waals surface area (Å²) in [5.74, 6) is 0.260.